The fourth-order valence-corrected chi connectivity index (χ4v) is 3.65. The molecule has 0 atom stereocenters. The highest BCUT2D eigenvalue weighted by molar-refractivity contribution is 14.1. The first-order valence-corrected chi connectivity index (χ1v) is 10.1. The lowest BCUT2D eigenvalue weighted by Crippen LogP contribution is -2.30. The molecule has 0 saturated carbocycles. The third-order valence-electron chi connectivity index (χ3n) is 3.89. The van der Waals surface area contributed by atoms with E-state index in [1.165, 1.54) is 0 Å². The second-order valence-electron chi connectivity index (χ2n) is 5.80. The van der Waals surface area contributed by atoms with Crippen LogP contribution in [0.15, 0.2) is 42.1 Å². The van der Waals surface area contributed by atoms with E-state index in [2.05, 4.69) is 27.9 Å². The van der Waals surface area contributed by atoms with Gasteiger partial charge < -0.3 is 14.8 Å². The molecule has 1 N–H and O–H groups in total. The summed E-state index contributed by atoms with van der Waals surface area (Å²) in [5.41, 5.74) is 1.35. The monoisotopic (exact) mass is 512 g/mol. The number of rotatable bonds is 6. The summed E-state index contributed by atoms with van der Waals surface area (Å²) in [6.45, 7) is 4.79. The number of amides is 3. The zero-order valence-electron chi connectivity index (χ0n) is 15.3. The Hall–Kier alpha value is -2.26. The van der Waals surface area contributed by atoms with Gasteiger partial charge in [-0.15, -0.1) is 0 Å². The second-order valence-corrected chi connectivity index (χ2v) is 7.40. The van der Waals surface area contributed by atoms with E-state index in [1.54, 1.807) is 36.4 Å². The third kappa shape index (κ3) is 4.25. The molecular weight excluding hydrogens is 495 g/mol. The Morgan fingerprint density at radius 3 is 2.43 bits per heavy atom. The van der Waals surface area contributed by atoms with Gasteiger partial charge in [-0.3, -0.25) is 4.79 Å². The molecule has 0 spiro atoms. The predicted octanol–water partition coefficient (Wildman–Crippen LogP) is 4.84. The van der Waals surface area contributed by atoms with Crippen LogP contribution in [0, 0.1) is 3.57 Å². The van der Waals surface area contributed by atoms with Crippen LogP contribution in [0.1, 0.15) is 19.4 Å². The molecule has 1 fully saturated rings. The summed E-state index contributed by atoms with van der Waals surface area (Å²) in [4.78, 5) is 26.1. The van der Waals surface area contributed by atoms with Gasteiger partial charge in [-0.05, 0) is 84.5 Å². The van der Waals surface area contributed by atoms with Crippen molar-refractivity contribution in [2.45, 2.75) is 13.8 Å². The number of nitrogens with zero attached hydrogens (tertiary/aromatic N) is 1. The summed E-state index contributed by atoms with van der Waals surface area (Å²) in [7, 11) is 0. The normalized spacial score (nSPS) is 15.1. The first-order valence-electron chi connectivity index (χ1n) is 8.66. The number of nitrogens with one attached hydrogen (secondary N) is 1. The second kappa shape index (κ2) is 8.83. The molecule has 1 aliphatic rings. The minimum Gasteiger partial charge on any atom is -0.490 e. The van der Waals surface area contributed by atoms with Crippen LogP contribution in [-0.4, -0.2) is 25.2 Å². The number of anilines is 1. The van der Waals surface area contributed by atoms with E-state index in [0.29, 0.717) is 35.4 Å². The van der Waals surface area contributed by atoms with E-state index >= 15 is 0 Å². The number of carbonyl (C=O) groups excluding carboxylic acids is 2. The molecule has 0 radical (unpaired) electrons. The van der Waals surface area contributed by atoms with Crippen molar-refractivity contribution in [2.75, 3.05) is 18.1 Å². The van der Waals surface area contributed by atoms with Crippen LogP contribution in [0.4, 0.5) is 10.5 Å². The van der Waals surface area contributed by atoms with Crippen molar-refractivity contribution in [1.82, 2.24) is 5.32 Å². The summed E-state index contributed by atoms with van der Waals surface area (Å²) < 4.78 is 12.2. The van der Waals surface area contributed by atoms with Gasteiger partial charge >= 0.3 is 6.03 Å². The first kappa shape index (κ1) is 20.5. The maximum atomic E-state index is 12.8. The molecule has 3 amide bonds. The van der Waals surface area contributed by atoms with Gasteiger partial charge in [-0.25, -0.2) is 9.69 Å². The van der Waals surface area contributed by atoms with E-state index in [-0.39, 0.29) is 5.70 Å². The van der Waals surface area contributed by atoms with Crippen molar-refractivity contribution >= 4 is 57.9 Å². The Labute approximate surface area is 181 Å². The molecule has 1 heterocycles. The lowest BCUT2D eigenvalue weighted by atomic mass is 10.1. The van der Waals surface area contributed by atoms with E-state index in [4.69, 9.17) is 21.1 Å². The van der Waals surface area contributed by atoms with E-state index in [9.17, 15) is 9.59 Å². The Kier molecular flexibility index (Phi) is 6.46. The molecule has 3 rings (SSSR count). The molecule has 2 aromatic carbocycles. The first-order chi connectivity index (χ1) is 13.4. The largest absolute Gasteiger partial charge is 0.490 e. The zero-order valence-corrected chi connectivity index (χ0v) is 18.2. The van der Waals surface area contributed by atoms with Crippen LogP contribution in [0.5, 0.6) is 11.5 Å². The molecule has 0 bridgehead atoms. The van der Waals surface area contributed by atoms with Crippen molar-refractivity contribution in [1.29, 1.82) is 0 Å². The Balaban J connectivity index is 1.94. The topological polar surface area (TPSA) is 67.9 Å². The number of hydrogen-bond donors (Lipinski definition) is 1. The van der Waals surface area contributed by atoms with E-state index in [1.807, 2.05) is 19.9 Å². The molecule has 2 aromatic rings. The minimum atomic E-state index is -0.510. The summed E-state index contributed by atoms with van der Waals surface area (Å²) in [5, 5.41) is 3.14. The molecular formula is C20H18ClIN2O4. The highest BCUT2D eigenvalue weighted by Gasteiger charge is 2.34. The smallest absolute Gasteiger partial charge is 0.333 e. The minimum absolute atomic E-state index is 0.183. The van der Waals surface area contributed by atoms with Crippen molar-refractivity contribution in [3.05, 3.63) is 56.3 Å². The summed E-state index contributed by atoms with van der Waals surface area (Å²) in [5.74, 6) is 0.820. The van der Waals surface area contributed by atoms with E-state index < -0.39 is 11.9 Å². The molecule has 0 aromatic heterocycles. The fourth-order valence-electron chi connectivity index (χ4n) is 2.75. The van der Waals surface area contributed by atoms with Gasteiger partial charge in [0.1, 0.15) is 5.70 Å². The molecule has 1 saturated heterocycles. The number of hydrogen-bond acceptors (Lipinski definition) is 4. The zero-order chi connectivity index (χ0) is 20.3. The van der Waals surface area contributed by atoms with Crippen molar-refractivity contribution in [3.63, 3.8) is 0 Å². The van der Waals surface area contributed by atoms with Gasteiger partial charge in [0, 0.05) is 5.02 Å². The van der Waals surface area contributed by atoms with Gasteiger partial charge in [-0.1, -0.05) is 11.6 Å². The third-order valence-corrected chi connectivity index (χ3v) is 4.95. The van der Waals surface area contributed by atoms with Gasteiger partial charge in [-0.2, -0.15) is 0 Å². The lowest BCUT2D eigenvalue weighted by molar-refractivity contribution is -0.113. The molecule has 146 valence electrons. The fraction of sp³-hybridized carbons (Fsp3) is 0.200. The average molecular weight is 513 g/mol. The molecule has 0 aliphatic carbocycles. The van der Waals surface area contributed by atoms with Crippen LogP contribution >= 0.6 is 34.2 Å². The highest BCUT2D eigenvalue weighted by Crippen LogP contribution is 2.35. The average Bonchev–Trinajstić information content (AvgIpc) is 2.93. The predicted molar refractivity (Wildman–Crippen MR) is 117 cm³/mol. The lowest BCUT2D eigenvalue weighted by Gasteiger charge is -2.14. The number of urea groups is 1. The number of ether oxygens (including phenoxy) is 2. The Bertz CT molecular complexity index is 944. The van der Waals surface area contributed by atoms with Crippen LogP contribution in [0.3, 0.4) is 0 Å². The quantitative estimate of drug-likeness (QED) is 0.342. The van der Waals surface area contributed by atoms with Crippen molar-refractivity contribution in [3.8, 4) is 11.5 Å². The van der Waals surface area contributed by atoms with Crippen LogP contribution < -0.4 is 19.7 Å². The number of carbonyl (C=O) groups is 2. The van der Waals surface area contributed by atoms with Gasteiger partial charge in [0.2, 0.25) is 0 Å². The van der Waals surface area contributed by atoms with Gasteiger partial charge in [0.15, 0.2) is 11.5 Å². The standard InChI is InChI=1S/C20H18ClIN2O4/c1-3-27-17-11-12(9-15(22)18(17)28-4-2)10-16-19(25)24(20(26)23-16)14-7-5-13(21)6-8-14/h5-11H,3-4H2,1-2H3,(H,23,26)/b16-10+. The number of benzene rings is 2. The molecule has 28 heavy (non-hydrogen) atoms. The Morgan fingerprint density at radius 2 is 1.79 bits per heavy atom. The van der Waals surface area contributed by atoms with Crippen molar-refractivity contribution < 1.29 is 19.1 Å². The molecule has 0 unspecified atom stereocenters. The van der Waals surface area contributed by atoms with Crippen LogP contribution in [-0.2, 0) is 4.79 Å². The Morgan fingerprint density at radius 1 is 1.11 bits per heavy atom. The molecule has 8 heteroatoms. The molecule has 6 nitrogen and oxygen atoms in total. The number of imide groups is 1. The maximum absolute atomic E-state index is 12.8. The van der Waals surface area contributed by atoms with Gasteiger partial charge in [0.05, 0.1) is 22.5 Å². The van der Waals surface area contributed by atoms with Crippen molar-refractivity contribution in [2.24, 2.45) is 0 Å². The number of halogens is 2. The summed E-state index contributed by atoms with van der Waals surface area (Å²) >= 11 is 8.04. The maximum Gasteiger partial charge on any atom is 0.333 e. The van der Waals surface area contributed by atoms with Crippen LogP contribution in [0.25, 0.3) is 6.08 Å². The van der Waals surface area contributed by atoms with Crippen LogP contribution in [0.2, 0.25) is 5.02 Å². The SMILES string of the molecule is CCOc1cc(/C=C2/NC(=O)N(c3ccc(Cl)cc3)C2=O)cc(I)c1OCC. The van der Waals surface area contributed by atoms with E-state index in [0.717, 1.165) is 14.0 Å². The van der Waals surface area contributed by atoms with Gasteiger partial charge in [0.25, 0.3) is 5.91 Å². The highest BCUT2D eigenvalue weighted by atomic mass is 127. The molecule has 1 aliphatic heterocycles. The summed E-state index contributed by atoms with van der Waals surface area (Å²) in [6.07, 6.45) is 1.62. The summed E-state index contributed by atoms with van der Waals surface area (Å²) in [6, 6.07) is 9.64.